The zero-order chi connectivity index (χ0) is 29.5. The standard InChI is InChI=1S/C22H29N3O12S2/c1-3-36-19(29)18(23-39(34,35)15-7-5-4-6-8-15)22(38-24-33)9-11-25(2,12-10-22)37-17(28)14-21(32,20(30)31)13-16(26)27/h4-8,18,23,32H,3,9-14H2,1-2H3,(H-,26,27,30,31)/p+1. The number of carboxylic acids is 2. The van der Waals surface area contributed by atoms with Gasteiger partial charge in [-0.1, -0.05) is 18.2 Å². The van der Waals surface area contributed by atoms with Crippen molar-refractivity contribution in [3.8, 4) is 0 Å². The van der Waals surface area contributed by atoms with Crippen molar-refractivity contribution < 1.29 is 57.1 Å². The fourth-order valence-electron chi connectivity index (χ4n) is 4.09. The zero-order valence-corrected chi connectivity index (χ0v) is 22.8. The van der Waals surface area contributed by atoms with Gasteiger partial charge in [0.05, 0.1) is 29.1 Å². The minimum atomic E-state index is -4.24. The molecule has 0 radical (unpaired) electrons. The van der Waals surface area contributed by atoms with Gasteiger partial charge < -0.3 is 20.1 Å². The molecule has 4 N–H and O–H groups in total. The summed E-state index contributed by atoms with van der Waals surface area (Å²) in [5, 5.41) is 28.2. The van der Waals surface area contributed by atoms with Gasteiger partial charge in [-0.05, 0) is 19.1 Å². The van der Waals surface area contributed by atoms with Crippen LogP contribution >= 0.6 is 11.9 Å². The van der Waals surface area contributed by atoms with Crippen LogP contribution in [0.2, 0.25) is 0 Å². The molecule has 2 rings (SSSR count). The number of nitroso groups, excluding NO2 is 1. The summed E-state index contributed by atoms with van der Waals surface area (Å²) in [6.45, 7) is 1.28. The number of sulfonamides is 1. The Kier molecular flexibility index (Phi) is 10.6. The highest BCUT2D eigenvalue weighted by Crippen LogP contribution is 2.42. The Morgan fingerprint density at radius 2 is 1.74 bits per heavy atom. The number of nitrogens with zero attached hydrogens (tertiary/aromatic N) is 2. The molecule has 0 aliphatic carbocycles. The lowest BCUT2D eigenvalue weighted by atomic mass is 9.88. The van der Waals surface area contributed by atoms with Gasteiger partial charge in [0, 0.05) is 29.4 Å². The van der Waals surface area contributed by atoms with Gasteiger partial charge in [0.1, 0.15) is 26.2 Å². The average Bonchev–Trinajstić information content (AvgIpc) is 2.84. The van der Waals surface area contributed by atoms with Gasteiger partial charge in [-0.15, -0.1) is 9.55 Å². The molecule has 0 amide bonds. The van der Waals surface area contributed by atoms with Crippen LogP contribution in [0.5, 0.6) is 0 Å². The summed E-state index contributed by atoms with van der Waals surface area (Å²) in [6, 6.07) is 5.67. The molecule has 15 nitrogen and oxygen atoms in total. The second-order valence-electron chi connectivity index (χ2n) is 9.14. The minimum absolute atomic E-state index is 0.0775. The molecule has 0 aromatic heterocycles. The van der Waals surface area contributed by atoms with Crippen molar-refractivity contribution in [3.05, 3.63) is 35.2 Å². The number of hydroxylamine groups is 3. The fraction of sp³-hybridized carbons (Fsp3) is 0.545. The molecule has 1 heterocycles. The number of benzene rings is 1. The predicted octanol–water partition coefficient (Wildman–Crippen LogP) is 0.429. The van der Waals surface area contributed by atoms with E-state index < -0.39 is 67.8 Å². The van der Waals surface area contributed by atoms with Gasteiger partial charge in [-0.25, -0.2) is 18.0 Å². The Morgan fingerprint density at radius 1 is 1.15 bits per heavy atom. The van der Waals surface area contributed by atoms with Crippen LogP contribution in [0, 0.1) is 4.91 Å². The molecule has 0 saturated carbocycles. The van der Waals surface area contributed by atoms with E-state index >= 15 is 0 Å². The topological polar surface area (TPSA) is 223 Å². The third-order valence-electron chi connectivity index (χ3n) is 6.21. The lowest BCUT2D eigenvalue weighted by Gasteiger charge is -2.44. The van der Waals surface area contributed by atoms with Crippen LogP contribution in [0.25, 0.3) is 0 Å². The normalized spacial score (nSPS) is 23.6. The molecule has 216 valence electrons. The predicted molar refractivity (Wildman–Crippen MR) is 134 cm³/mol. The van der Waals surface area contributed by atoms with E-state index in [0.29, 0.717) is 11.9 Å². The highest BCUT2D eigenvalue weighted by atomic mass is 32.2. The molecule has 1 aliphatic rings. The van der Waals surface area contributed by atoms with Gasteiger partial charge >= 0.3 is 23.9 Å². The van der Waals surface area contributed by atoms with Crippen molar-refractivity contribution in [2.75, 3.05) is 26.7 Å². The summed E-state index contributed by atoms with van der Waals surface area (Å²) in [4.78, 5) is 64.4. The van der Waals surface area contributed by atoms with Gasteiger partial charge in [-0.3, -0.25) is 14.4 Å². The summed E-state index contributed by atoms with van der Waals surface area (Å²) in [5.41, 5.74) is -2.90. The van der Waals surface area contributed by atoms with Crippen LogP contribution in [-0.4, -0.2) is 95.4 Å². The van der Waals surface area contributed by atoms with E-state index in [4.69, 9.17) is 14.7 Å². The number of esters is 1. The van der Waals surface area contributed by atoms with Crippen LogP contribution in [0.1, 0.15) is 32.6 Å². The van der Waals surface area contributed by atoms with E-state index in [1.807, 2.05) is 0 Å². The SMILES string of the molecule is CCOC(=O)C(NS(=O)(=O)c1ccccc1)C1(SN=O)CC[N+](C)(OC(=O)CC(O)(CC(=O)O)C(=O)O)CC1. The van der Waals surface area contributed by atoms with Crippen molar-refractivity contribution in [2.24, 2.45) is 4.58 Å². The summed E-state index contributed by atoms with van der Waals surface area (Å²) in [7, 11) is -2.81. The Morgan fingerprint density at radius 3 is 2.23 bits per heavy atom. The Labute approximate surface area is 228 Å². The number of likely N-dealkylation sites (tertiary alicyclic amines) is 1. The third kappa shape index (κ3) is 8.18. The summed E-state index contributed by atoms with van der Waals surface area (Å²) < 4.78 is 34.4. The quantitative estimate of drug-likeness (QED) is 0.0996. The smallest absolute Gasteiger partial charge is 0.370 e. The van der Waals surface area contributed by atoms with Gasteiger partial charge in [0.2, 0.25) is 10.0 Å². The van der Waals surface area contributed by atoms with E-state index in [-0.39, 0.29) is 37.4 Å². The minimum Gasteiger partial charge on any atom is -0.481 e. The monoisotopic (exact) mass is 592 g/mol. The average molecular weight is 593 g/mol. The largest absolute Gasteiger partial charge is 0.481 e. The van der Waals surface area contributed by atoms with Crippen molar-refractivity contribution in [3.63, 3.8) is 0 Å². The molecule has 1 fully saturated rings. The first-order valence-corrected chi connectivity index (χ1v) is 13.9. The van der Waals surface area contributed by atoms with E-state index in [9.17, 15) is 42.7 Å². The number of carboxylic acid groups (broad SMARTS) is 2. The van der Waals surface area contributed by atoms with Crippen LogP contribution in [0.3, 0.4) is 0 Å². The van der Waals surface area contributed by atoms with Gasteiger partial charge in [0.15, 0.2) is 5.60 Å². The molecular weight excluding hydrogens is 562 g/mol. The molecule has 17 heteroatoms. The third-order valence-corrected chi connectivity index (χ3v) is 8.73. The number of hydrogen-bond acceptors (Lipinski definition) is 12. The van der Waals surface area contributed by atoms with Crippen molar-refractivity contribution in [1.82, 2.24) is 4.72 Å². The lowest BCUT2D eigenvalue weighted by molar-refractivity contribution is -1.08. The molecule has 1 saturated heterocycles. The number of carbonyl (C=O) groups is 4. The highest BCUT2D eigenvalue weighted by Gasteiger charge is 2.54. The number of piperidine rings is 1. The van der Waals surface area contributed by atoms with E-state index in [0.717, 1.165) is 0 Å². The van der Waals surface area contributed by atoms with Crippen LogP contribution in [-0.2, 0) is 38.8 Å². The van der Waals surface area contributed by atoms with Crippen LogP contribution < -0.4 is 4.72 Å². The van der Waals surface area contributed by atoms with Crippen molar-refractivity contribution >= 4 is 45.8 Å². The zero-order valence-electron chi connectivity index (χ0n) is 21.1. The van der Waals surface area contributed by atoms with Gasteiger partial charge in [0.25, 0.3) is 0 Å². The second kappa shape index (κ2) is 12.8. The summed E-state index contributed by atoms with van der Waals surface area (Å²) >= 11 is 0.446. The van der Waals surface area contributed by atoms with Crippen molar-refractivity contribution in [2.45, 2.75) is 53.9 Å². The molecule has 1 aromatic rings. The summed E-state index contributed by atoms with van der Waals surface area (Å²) in [5.74, 6) is -5.71. The van der Waals surface area contributed by atoms with Gasteiger partial charge in [-0.2, -0.15) is 4.72 Å². The first-order valence-electron chi connectivity index (χ1n) is 11.6. The number of aliphatic hydroxyl groups is 1. The number of carbonyl (C=O) groups excluding carboxylic acids is 2. The van der Waals surface area contributed by atoms with Crippen LogP contribution in [0.4, 0.5) is 0 Å². The number of quaternary nitrogens is 1. The Bertz CT molecular complexity index is 1190. The molecule has 1 aromatic carbocycles. The lowest BCUT2D eigenvalue weighted by Crippen LogP contribution is -2.63. The Balaban J connectivity index is 2.29. The fourth-order valence-corrected chi connectivity index (χ4v) is 6.22. The number of nitrogens with one attached hydrogen (secondary N) is 1. The number of ether oxygens (including phenoxy) is 1. The maximum absolute atomic E-state index is 13.1. The first kappa shape index (κ1) is 32.1. The maximum Gasteiger partial charge on any atom is 0.370 e. The summed E-state index contributed by atoms with van der Waals surface area (Å²) in [6.07, 6.45) is -2.58. The second-order valence-corrected chi connectivity index (χ2v) is 12.0. The number of aliphatic carboxylic acids is 2. The van der Waals surface area contributed by atoms with E-state index in [1.54, 1.807) is 6.07 Å². The Hall–Kier alpha value is -3.12. The maximum atomic E-state index is 13.1. The molecule has 2 atom stereocenters. The van der Waals surface area contributed by atoms with E-state index in [1.165, 1.54) is 38.2 Å². The molecule has 0 bridgehead atoms. The highest BCUT2D eigenvalue weighted by molar-refractivity contribution is 7.99. The first-order chi connectivity index (χ1) is 18.1. The molecular formula is C22H30N3O12S2+. The number of rotatable bonds is 14. The van der Waals surface area contributed by atoms with Crippen LogP contribution in [0.15, 0.2) is 39.8 Å². The van der Waals surface area contributed by atoms with Crippen molar-refractivity contribution in [1.29, 1.82) is 0 Å². The number of hydrogen-bond donors (Lipinski definition) is 4. The molecule has 39 heavy (non-hydrogen) atoms. The molecule has 1 aliphatic heterocycles. The van der Waals surface area contributed by atoms with E-state index in [2.05, 4.69) is 9.30 Å². The molecule has 0 spiro atoms. The molecule has 2 unspecified atom stereocenters.